The molecule has 0 aliphatic carbocycles. The fourth-order valence-corrected chi connectivity index (χ4v) is 3.68. The van der Waals surface area contributed by atoms with Crippen LogP contribution in [0.4, 0.5) is 0 Å². The SMILES string of the molecule is CC(C)Oc1ccc(CN2CCC(c3cccc(O)c3)CC2)cc1CO. The van der Waals surface area contributed by atoms with E-state index in [-0.39, 0.29) is 12.7 Å². The monoisotopic (exact) mass is 355 g/mol. The first-order valence-corrected chi connectivity index (χ1v) is 9.45. The summed E-state index contributed by atoms with van der Waals surface area (Å²) >= 11 is 0. The standard InChI is InChI=1S/C22H29NO3/c1-16(2)26-22-7-6-17(12-20(22)15-24)14-23-10-8-18(9-11-23)19-4-3-5-21(25)13-19/h3-7,12-13,16,18,24-25H,8-11,14-15H2,1-2H3. The first-order valence-electron chi connectivity index (χ1n) is 9.45. The molecule has 4 nitrogen and oxygen atoms in total. The molecule has 0 unspecified atom stereocenters. The van der Waals surface area contributed by atoms with Gasteiger partial charge in [0.2, 0.25) is 0 Å². The molecule has 140 valence electrons. The van der Waals surface area contributed by atoms with Gasteiger partial charge in [0, 0.05) is 12.1 Å². The summed E-state index contributed by atoms with van der Waals surface area (Å²) < 4.78 is 5.76. The van der Waals surface area contributed by atoms with Gasteiger partial charge in [-0.2, -0.15) is 0 Å². The summed E-state index contributed by atoms with van der Waals surface area (Å²) in [5.74, 6) is 1.65. The minimum Gasteiger partial charge on any atom is -0.508 e. The first-order chi connectivity index (χ1) is 12.5. The van der Waals surface area contributed by atoms with Crippen LogP contribution in [0.25, 0.3) is 0 Å². The van der Waals surface area contributed by atoms with Crippen LogP contribution in [0.15, 0.2) is 42.5 Å². The Hall–Kier alpha value is -2.04. The largest absolute Gasteiger partial charge is 0.508 e. The van der Waals surface area contributed by atoms with Gasteiger partial charge in [0.05, 0.1) is 12.7 Å². The molecule has 1 aliphatic rings. The lowest BCUT2D eigenvalue weighted by Gasteiger charge is -2.32. The second kappa shape index (κ2) is 8.56. The summed E-state index contributed by atoms with van der Waals surface area (Å²) in [4.78, 5) is 2.46. The van der Waals surface area contributed by atoms with Gasteiger partial charge in [0.15, 0.2) is 0 Å². The summed E-state index contributed by atoms with van der Waals surface area (Å²) in [7, 11) is 0. The van der Waals surface area contributed by atoms with Crippen LogP contribution in [-0.4, -0.2) is 34.3 Å². The highest BCUT2D eigenvalue weighted by Crippen LogP contribution is 2.30. The highest BCUT2D eigenvalue weighted by Gasteiger charge is 2.21. The lowest BCUT2D eigenvalue weighted by atomic mass is 9.89. The maximum Gasteiger partial charge on any atom is 0.125 e. The molecule has 1 fully saturated rings. The van der Waals surface area contributed by atoms with E-state index in [9.17, 15) is 10.2 Å². The van der Waals surface area contributed by atoms with E-state index in [1.165, 1.54) is 11.1 Å². The second-order valence-electron chi connectivity index (χ2n) is 7.41. The van der Waals surface area contributed by atoms with Crippen LogP contribution in [0.1, 0.15) is 49.3 Å². The van der Waals surface area contributed by atoms with E-state index in [1.807, 2.05) is 32.0 Å². The highest BCUT2D eigenvalue weighted by molar-refractivity contribution is 5.37. The number of aromatic hydroxyl groups is 1. The zero-order chi connectivity index (χ0) is 18.5. The van der Waals surface area contributed by atoms with Crippen LogP contribution in [0, 0.1) is 0 Å². The Balaban J connectivity index is 1.59. The molecule has 0 atom stereocenters. The van der Waals surface area contributed by atoms with Gasteiger partial charge < -0.3 is 14.9 Å². The third kappa shape index (κ3) is 4.77. The fourth-order valence-electron chi connectivity index (χ4n) is 3.68. The minimum absolute atomic E-state index is 0.00450. The number of rotatable bonds is 6. The van der Waals surface area contributed by atoms with Crippen LogP contribution < -0.4 is 4.74 Å². The molecule has 0 bridgehead atoms. The van der Waals surface area contributed by atoms with Gasteiger partial charge in [-0.25, -0.2) is 0 Å². The van der Waals surface area contributed by atoms with Crippen molar-refractivity contribution in [3.8, 4) is 11.5 Å². The predicted molar refractivity (Wildman–Crippen MR) is 103 cm³/mol. The number of nitrogens with zero attached hydrogens (tertiary/aromatic N) is 1. The summed E-state index contributed by atoms with van der Waals surface area (Å²) in [6.45, 7) is 6.95. The quantitative estimate of drug-likeness (QED) is 0.821. The Morgan fingerprint density at radius 1 is 1.12 bits per heavy atom. The number of phenols is 1. The van der Waals surface area contributed by atoms with Gasteiger partial charge >= 0.3 is 0 Å². The molecule has 1 saturated heterocycles. The number of hydrogen-bond acceptors (Lipinski definition) is 4. The number of piperidine rings is 1. The van der Waals surface area contributed by atoms with E-state index in [0.29, 0.717) is 11.7 Å². The van der Waals surface area contributed by atoms with Crippen molar-refractivity contribution >= 4 is 0 Å². The number of phenolic OH excluding ortho intramolecular Hbond substituents is 1. The molecule has 2 N–H and O–H groups in total. The molecule has 2 aromatic rings. The van der Waals surface area contributed by atoms with Crippen LogP contribution in [-0.2, 0) is 13.2 Å². The Labute approximate surface area is 156 Å². The number of ether oxygens (including phenoxy) is 1. The van der Waals surface area contributed by atoms with E-state index >= 15 is 0 Å². The molecule has 0 aromatic heterocycles. The molecule has 4 heteroatoms. The summed E-state index contributed by atoms with van der Waals surface area (Å²) in [5.41, 5.74) is 3.30. The molecule has 26 heavy (non-hydrogen) atoms. The average molecular weight is 355 g/mol. The number of hydrogen-bond donors (Lipinski definition) is 2. The first kappa shape index (κ1) is 18.7. The summed E-state index contributed by atoms with van der Waals surface area (Å²) in [5, 5.41) is 19.3. The van der Waals surface area contributed by atoms with Gasteiger partial charge in [-0.1, -0.05) is 18.2 Å². The fraction of sp³-hybridized carbons (Fsp3) is 0.455. The van der Waals surface area contributed by atoms with E-state index < -0.39 is 0 Å². The van der Waals surface area contributed by atoms with E-state index in [4.69, 9.17) is 4.74 Å². The maximum atomic E-state index is 9.68. The highest BCUT2D eigenvalue weighted by atomic mass is 16.5. The normalized spacial score (nSPS) is 16.2. The minimum atomic E-state index is -0.00450. The van der Waals surface area contributed by atoms with E-state index in [2.05, 4.69) is 23.1 Å². The molecule has 0 spiro atoms. The molecule has 3 rings (SSSR count). The number of aliphatic hydroxyl groups excluding tert-OH is 1. The Bertz CT molecular complexity index is 721. The van der Waals surface area contributed by atoms with Crippen LogP contribution >= 0.6 is 0 Å². The van der Waals surface area contributed by atoms with Gasteiger partial charge in [0.25, 0.3) is 0 Å². The van der Waals surface area contributed by atoms with Crippen molar-refractivity contribution < 1.29 is 14.9 Å². The number of aliphatic hydroxyl groups is 1. The predicted octanol–water partition coefficient (Wildman–Crippen LogP) is 4.05. The number of likely N-dealkylation sites (tertiary alicyclic amines) is 1. The van der Waals surface area contributed by atoms with E-state index in [0.717, 1.165) is 43.8 Å². The molecule has 2 aromatic carbocycles. The van der Waals surface area contributed by atoms with Gasteiger partial charge in [0.1, 0.15) is 11.5 Å². The van der Waals surface area contributed by atoms with Crippen LogP contribution in [0.5, 0.6) is 11.5 Å². The number of benzene rings is 2. The van der Waals surface area contributed by atoms with Crippen molar-refractivity contribution in [2.24, 2.45) is 0 Å². The topological polar surface area (TPSA) is 52.9 Å². The molecular weight excluding hydrogens is 326 g/mol. The maximum absolute atomic E-state index is 9.68. The van der Waals surface area contributed by atoms with Gasteiger partial charge in [-0.05, 0) is 81.1 Å². The molecule has 1 aliphatic heterocycles. The Morgan fingerprint density at radius 2 is 1.88 bits per heavy atom. The lowest BCUT2D eigenvalue weighted by molar-refractivity contribution is 0.203. The van der Waals surface area contributed by atoms with Crippen molar-refractivity contribution in [1.29, 1.82) is 0 Å². The average Bonchev–Trinajstić information content (AvgIpc) is 2.63. The Morgan fingerprint density at radius 3 is 2.54 bits per heavy atom. The van der Waals surface area contributed by atoms with Crippen molar-refractivity contribution in [2.75, 3.05) is 13.1 Å². The molecular formula is C22H29NO3. The zero-order valence-electron chi connectivity index (χ0n) is 15.7. The van der Waals surface area contributed by atoms with Gasteiger partial charge in [-0.15, -0.1) is 0 Å². The smallest absolute Gasteiger partial charge is 0.125 e. The molecule has 0 amide bonds. The molecule has 0 radical (unpaired) electrons. The molecule has 0 saturated carbocycles. The van der Waals surface area contributed by atoms with E-state index in [1.54, 1.807) is 6.07 Å². The van der Waals surface area contributed by atoms with Crippen molar-refractivity contribution in [3.63, 3.8) is 0 Å². The third-order valence-corrected chi connectivity index (χ3v) is 4.99. The lowest BCUT2D eigenvalue weighted by Crippen LogP contribution is -2.32. The second-order valence-corrected chi connectivity index (χ2v) is 7.41. The summed E-state index contributed by atoms with van der Waals surface area (Å²) in [6.07, 6.45) is 2.30. The van der Waals surface area contributed by atoms with Crippen molar-refractivity contribution in [1.82, 2.24) is 4.90 Å². The zero-order valence-corrected chi connectivity index (χ0v) is 15.7. The Kier molecular flexibility index (Phi) is 6.17. The third-order valence-electron chi connectivity index (χ3n) is 4.99. The van der Waals surface area contributed by atoms with Crippen LogP contribution in [0.3, 0.4) is 0 Å². The van der Waals surface area contributed by atoms with Crippen molar-refractivity contribution in [2.45, 2.75) is 51.9 Å². The van der Waals surface area contributed by atoms with Crippen LogP contribution in [0.2, 0.25) is 0 Å². The van der Waals surface area contributed by atoms with Crippen molar-refractivity contribution in [3.05, 3.63) is 59.2 Å². The summed E-state index contributed by atoms with van der Waals surface area (Å²) in [6, 6.07) is 13.8. The van der Waals surface area contributed by atoms with Gasteiger partial charge in [-0.3, -0.25) is 4.90 Å². The molecule has 1 heterocycles.